The molecule has 248 valence electrons. The number of nitrogens with one attached hydrogen (secondary N) is 1. The van der Waals surface area contributed by atoms with Crippen molar-refractivity contribution in [2.45, 2.75) is 58.2 Å². The molecule has 5 aromatic rings. The standard InChI is InChI=1S/C35H37N7O5S/c1-6-27-21-41(48(44,45)31-11-9-15-37-35(31)47-27)20-25-16-24(13-12-22(25)3)29(18-32(43)38-26-10-8-14-36-19-26)28-17-30(46-5)34-33(23(28)4)39-40-42(34)7-2/h8-19,27H,6-7,20-21H2,1-5H3,(H,38,43)/b29-18-/t27-/m1/s1. The van der Waals surface area contributed by atoms with E-state index in [-0.39, 0.29) is 35.9 Å². The maximum atomic E-state index is 13.9. The van der Waals surface area contributed by atoms with E-state index in [9.17, 15) is 13.2 Å². The molecular formula is C35H37N7O5S. The van der Waals surface area contributed by atoms with Crippen LogP contribution in [0.25, 0.3) is 16.6 Å². The molecule has 12 nitrogen and oxygen atoms in total. The number of hydrogen-bond acceptors (Lipinski definition) is 9. The van der Waals surface area contributed by atoms with Gasteiger partial charge in [0.05, 0.1) is 25.5 Å². The highest BCUT2D eigenvalue weighted by molar-refractivity contribution is 7.89. The second kappa shape index (κ2) is 13.5. The van der Waals surface area contributed by atoms with Gasteiger partial charge in [-0.15, -0.1) is 5.10 Å². The van der Waals surface area contributed by atoms with Gasteiger partial charge in [0, 0.05) is 31.6 Å². The van der Waals surface area contributed by atoms with Crippen LogP contribution in [0.2, 0.25) is 0 Å². The van der Waals surface area contributed by atoms with Gasteiger partial charge in [0.25, 0.3) is 0 Å². The summed E-state index contributed by atoms with van der Waals surface area (Å²) in [6.07, 6.45) is 6.50. The van der Waals surface area contributed by atoms with E-state index in [1.807, 2.05) is 52.0 Å². The largest absolute Gasteiger partial charge is 0.494 e. The Labute approximate surface area is 279 Å². The number of hydrogen-bond donors (Lipinski definition) is 1. The number of rotatable bonds is 9. The maximum absolute atomic E-state index is 13.9. The first kappa shape index (κ1) is 32.8. The maximum Gasteiger partial charge on any atom is 0.249 e. The number of benzene rings is 2. The Kier molecular flexibility index (Phi) is 9.24. The van der Waals surface area contributed by atoms with Gasteiger partial charge in [-0.2, -0.15) is 4.31 Å². The van der Waals surface area contributed by atoms with Crippen LogP contribution in [0.5, 0.6) is 11.6 Å². The first-order valence-corrected chi connectivity index (χ1v) is 17.1. The average molecular weight is 668 g/mol. The highest BCUT2D eigenvalue weighted by atomic mass is 32.2. The summed E-state index contributed by atoms with van der Waals surface area (Å²) in [5.74, 6) is 0.317. The highest BCUT2D eigenvalue weighted by Crippen LogP contribution is 2.37. The zero-order valence-electron chi connectivity index (χ0n) is 27.5. The minimum absolute atomic E-state index is 0.0403. The van der Waals surface area contributed by atoms with Gasteiger partial charge in [0.2, 0.25) is 21.8 Å². The molecule has 1 N–H and O–H groups in total. The van der Waals surface area contributed by atoms with Gasteiger partial charge in [-0.1, -0.05) is 24.3 Å². The number of pyridine rings is 2. The van der Waals surface area contributed by atoms with E-state index in [1.54, 1.807) is 42.4 Å². The molecule has 0 spiro atoms. The second-order valence-electron chi connectivity index (χ2n) is 11.5. The Balaban J connectivity index is 1.47. The molecule has 1 amide bonds. The molecule has 0 fully saturated rings. The highest BCUT2D eigenvalue weighted by Gasteiger charge is 2.35. The molecule has 0 saturated heterocycles. The zero-order valence-corrected chi connectivity index (χ0v) is 28.3. The molecule has 6 rings (SSSR count). The number of anilines is 1. The quantitative estimate of drug-likeness (QED) is 0.207. The van der Waals surface area contributed by atoms with Crippen molar-refractivity contribution in [2.75, 3.05) is 19.0 Å². The fourth-order valence-electron chi connectivity index (χ4n) is 5.85. The van der Waals surface area contributed by atoms with Crippen molar-refractivity contribution in [3.8, 4) is 11.6 Å². The fraction of sp³-hybridized carbons (Fsp3) is 0.286. The van der Waals surface area contributed by atoms with Crippen LogP contribution in [0.15, 0.2) is 78.1 Å². The first-order valence-electron chi connectivity index (χ1n) is 15.7. The molecule has 13 heteroatoms. The smallest absolute Gasteiger partial charge is 0.249 e. The van der Waals surface area contributed by atoms with Crippen molar-refractivity contribution in [2.24, 2.45) is 0 Å². The molecule has 0 unspecified atom stereocenters. The molecule has 0 aliphatic carbocycles. The minimum Gasteiger partial charge on any atom is -0.494 e. The summed E-state index contributed by atoms with van der Waals surface area (Å²) in [6, 6.07) is 14.3. The van der Waals surface area contributed by atoms with E-state index in [0.29, 0.717) is 41.1 Å². The van der Waals surface area contributed by atoms with Gasteiger partial charge in [0.15, 0.2) is 0 Å². The lowest BCUT2D eigenvalue weighted by molar-refractivity contribution is -0.111. The monoisotopic (exact) mass is 667 g/mol. The van der Waals surface area contributed by atoms with Crippen LogP contribution in [0.4, 0.5) is 5.69 Å². The number of ether oxygens (including phenoxy) is 2. The lowest BCUT2D eigenvalue weighted by Crippen LogP contribution is -2.36. The van der Waals surface area contributed by atoms with Crippen molar-refractivity contribution in [3.63, 3.8) is 0 Å². The van der Waals surface area contributed by atoms with Crippen LogP contribution in [-0.2, 0) is 27.9 Å². The summed E-state index contributed by atoms with van der Waals surface area (Å²) < 4.78 is 42.9. The van der Waals surface area contributed by atoms with Crippen molar-refractivity contribution in [3.05, 3.63) is 101 Å². The Hall–Kier alpha value is -5.14. The number of fused-ring (bicyclic) bond motifs is 2. The van der Waals surface area contributed by atoms with Gasteiger partial charge in [-0.25, -0.2) is 18.1 Å². The van der Waals surface area contributed by atoms with Crippen molar-refractivity contribution in [1.82, 2.24) is 29.3 Å². The molecular weight excluding hydrogens is 630 g/mol. The van der Waals surface area contributed by atoms with Crippen LogP contribution in [0.1, 0.15) is 48.1 Å². The minimum atomic E-state index is -3.93. The number of amides is 1. The van der Waals surface area contributed by atoms with E-state index in [0.717, 1.165) is 27.8 Å². The molecule has 0 saturated carbocycles. The number of carbonyl (C=O) groups excluding carboxylic acids is 1. The number of sulfonamides is 1. The Morgan fingerprint density at radius 3 is 2.67 bits per heavy atom. The fourth-order valence-corrected chi connectivity index (χ4v) is 7.37. The summed E-state index contributed by atoms with van der Waals surface area (Å²) in [4.78, 5) is 21.9. The summed E-state index contributed by atoms with van der Waals surface area (Å²) in [5, 5.41) is 11.7. The SMILES string of the molecule is CC[C@@H]1CN(Cc2cc(/C(=C/C(=O)Nc3cccnc3)c3cc(OC)c4c(nnn4CC)c3C)ccc2C)S(=O)(=O)c2cccnc2O1. The van der Waals surface area contributed by atoms with Gasteiger partial charge in [0.1, 0.15) is 27.8 Å². The van der Waals surface area contributed by atoms with E-state index in [1.165, 1.54) is 22.6 Å². The lowest BCUT2D eigenvalue weighted by Gasteiger charge is -2.24. The number of carbonyl (C=O) groups is 1. The van der Waals surface area contributed by atoms with Crippen LogP contribution in [-0.4, -0.2) is 63.4 Å². The summed E-state index contributed by atoms with van der Waals surface area (Å²) >= 11 is 0. The topological polar surface area (TPSA) is 141 Å². The molecule has 4 heterocycles. The Morgan fingerprint density at radius 2 is 1.94 bits per heavy atom. The Morgan fingerprint density at radius 1 is 1.12 bits per heavy atom. The molecule has 2 aromatic carbocycles. The van der Waals surface area contributed by atoms with E-state index >= 15 is 0 Å². The first-order chi connectivity index (χ1) is 23.1. The average Bonchev–Trinajstić information content (AvgIpc) is 3.49. The predicted molar refractivity (Wildman–Crippen MR) is 182 cm³/mol. The second-order valence-corrected chi connectivity index (χ2v) is 13.4. The molecule has 1 aliphatic heterocycles. The van der Waals surface area contributed by atoms with E-state index in [4.69, 9.17) is 9.47 Å². The molecule has 0 radical (unpaired) electrons. The molecule has 1 atom stereocenters. The van der Waals surface area contributed by atoms with Crippen molar-refractivity contribution in [1.29, 1.82) is 0 Å². The normalized spacial score (nSPS) is 16.2. The molecule has 0 bridgehead atoms. The number of aromatic nitrogens is 5. The summed E-state index contributed by atoms with van der Waals surface area (Å²) in [6.45, 7) is 8.67. The van der Waals surface area contributed by atoms with Crippen LogP contribution in [0.3, 0.4) is 0 Å². The van der Waals surface area contributed by atoms with Crippen LogP contribution >= 0.6 is 0 Å². The molecule has 48 heavy (non-hydrogen) atoms. The predicted octanol–water partition coefficient (Wildman–Crippen LogP) is 5.30. The lowest BCUT2D eigenvalue weighted by atomic mass is 9.90. The summed E-state index contributed by atoms with van der Waals surface area (Å²) in [5.41, 5.74) is 6.49. The third-order valence-electron chi connectivity index (χ3n) is 8.52. The number of aryl methyl sites for hydroxylation is 3. The van der Waals surface area contributed by atoms with Gasteiger partial charge in [-0.05, 0) is 97.0 Å². The van der Waals surface area contributed by atoms with E-state index < -0.39 is 10.0 Å². The van der Waals surface area contributed by atoms with Crippen molar-refractivity contribution < 1.29 is 22.7 Å². The molecule has 1 aliphatic rings. The van der Waals surface area contributed by atoms with Crippen LogP contribution < -0.4 is 14.8 Å². The summed E-state index contributed by atoms with van der Waals surface area (Å²) in [7, 11) is -2.34. The van der Waals surface area contributed by atoms with Gasteiger partial charge >= 0.3 is 0 Å². The van der Waals surface area contributed by atoms with Gasteiger partial charge < -0.3 is 14.8 Å². The van der Waals surface area contributed by atoms with Crippen molar-refractivity contribution >= 4 is 38.2 Å². The van der Waals surface area contributed by atoms with Gasteiger partial charge in [-0.3, -0.25) is 9.78 Å². The number of nitrogens with zero attached hydrogens (tertiary/aromatic N) is 6. The molecule has 3 aromatic heterocycles. The third kappa shape index (κ3) is 6.26. The third-order valence-corrected chi connectivity index (χ3v) is 10.3. The zero-order chi connectivity index (χ0) is 34.0. The number of methoxy groups -OCH3 is 1. The van der Waals surface area contributed by atoms with Crippen LogP contribution in [0, 0.1) is 13.8 Å². The Bertz CT molecular complexity index is 2130. The van der Waals surface area contributed by atoms with E-state index in [2.05, 4.69) is 25.6 Å².